The molecule has 18 heavy (non-hydrogen) atoms. The van der Waals surface area contributed by atoms with Crippen LogP contribution in [0.5, 0.6) is 0 Å². The molecule has 1 fully saturated rings. The lowest BCUT2D eigenvalue weighted by Gasteiger charge is -2.24. The minimum Gasteiger partial charge on any atom is -0.399 e. The lowest BCUT2D eigenvalue weighted by molar-refractivity contribution is 0.227. The molecule has 0 amide bonds. The molecule has 1 heterocycles. The molecule has 100 valence electrons. The fourth-order valence-corrected chi connectivity index (χ4v) is 2.59. The minimum absolute atomic E-state index is 0.864. The van der Waals surface area contributed by atoms with Crippen LogP contribution in [-0.2, 0) is 6.54 Å². The lowest BCUT2D eigenvalue weighted by Crippen LogP contribution is -2.33. The molecule has 0 aliphatic carbocycles. The highest BCUT2D eigenvalue weighted by Gasteiger charge is 2.12. The number of rotatable bonds is 6. The van der Waals surface area contributed by atoms with Crippen molar-refractivity contribution in [3.8, 4) is 0 Å². The first-order valence-corrected chi connectivity index (χ1v) is 7.07. The smallest absolute Gasteiger partial charge is 0.0317 e. The van der Waals surface area contributed by atoms with E-state index in [9.17, 15) is 0 Å². The van der Waals surface area contributed by atoms with Crippen LogP contribution in [0.4, 0.5) is 5.69 Å². The summed E-state index contributed by atoms with van der Waals surface area (Å²) in [5.41, 5.74) is 8.00. The molecule has 0 aromatic heterocycles. The van der Waals surface area contributed by atoms with Crippen LogP contribution in [0.3, 0.4) is 0 Å². The van der Waals surface area contributed by atoms with Crippen LogP contribution in [-0.4, -0.2) is 42.5 Å². The van der Waals surface area contributed by atoms with Crippen molar-refractivity contribution in [3.63, 3.8) is 0 Å². The molecule has 0 radical (unpaired) electrons. The van der Waals surface area contributed by atoms with Crippen LogP contribution in [0, 0.1) is 0 Å². The van der Waals surface area contributed by atoms with Gasteiger partial charge in [0.1, 0.15) is 0 Å². The molecule has 0 spiro atoms. The Morgan fingerprint density at radius 3 is 2.72 bits per heavy atom. The number of nitrogen functional groups attached to an aromatic ring is 1. The summed E-state index contributed by atoms with van der Waals surface area (Å²) in [6.45, 7) is 9.28. The van der Waals surface area contributed by atoms with Gasteiger partial charge < -0.3 is 10.6 Å². The van der Waals surface area contributed by atoms with E-state index < -0.39 is 0 Å². The summed E-state index contributed by atoms with van der Waals surface area (Å²) in [7, 11) is 0. The summed E-state index contributed by atoms with van der Waals surface area (Å²) >= 11 is 0. The molecule has 3 nitrogen and oxygen atoms in total. The van der Waals surface area contributed by atoms with Crippen LogP contribution >= 0.6 is 0 Å². The van der Waals surface area contributed by atoms with E-state index in [1.54, 1.807) is 0 Å². The van der Waals surface area contributed by atoms with E-state index in [-0.39, 0.29) is 0 Å². The maximum Gasteiger partial charge on any atom is 0.0317 e. The van der Waals surface area contributed by atoms with E-state index in [1.807, 2.05) is 12.1 Å². The van der Waals surface area contributed by atoms with E-state index >= 15 is 0 Å². The maximum absolute atomic E-state index is 5.82. The molecule has 1 aromatic rings. The Balaban J connectivity index is 1.81. The van der Waals surface area contributed by atoms with Crippen molar-refractivity contribution in [1.82, 2.24) is 9.80 Å². The molecule has 2 N–H and O–H groups in total. The van der Waals surface area contributed by atoms with Crippen molar-refractivity contribution < 1.29 is 0 Å². The molecule has 2 rings (SSSR count). The number of nitrogens with zero attached hydrogens (tertiary/aromatic N) is 2. The van der Waals surface area contributed by atoms with Crippen LogP contribution < -0.4 is 5.73 Å². The Morgan fingerprint density at radius 1 is 1.28 bits per heavy atom. The average Bonchev–Trinajstić information content (AvgIpc) is 2.87. The summed E-state index contributed by atoms with van der Waals surface area (Å²) < 4.78 is 0. The molecule has 0 saturated carbocycles. The van der Waals surface area contributed by atoms with Gasteiger partial charge in [0.05, 0.1) is 0 Å². The van der Waals surface area contributed by atoms with Crippen molar-refractivity contribution in [2.75, 3.05) is 38.5 Å². The average molecular weight is 247 g/mol. The van der Waals surface area contributed by atoms with Crippen molar-refractivity contribution in [3.05, 3.63) is 29.8 Å². The Morgan fingerprint density at radius 2 is 2.06 bits per heavy atom. The maximum atomic E-state index is 5.82. The quantitative estimate of drug-likeness (QED) is 0.782. The highest BCUT2D eigenvalue weighted by molar-refractivity contribution is 5.40. The van der Waals surface area contributed by atoms with Crippen molar-refractivity contribution in [2.45, 2.75) is 26.3 Å². The van der Waals surface area contributed by atoms with E-state index in [2.05, 4.69) is 28.9 Å². The van der Waals surface area contributed by atoms with Gasteiger partial charge in [0.2, 0.25) is 0 Å². The summed E-state index contributed by atoms with van der Waals surface area (Å²) in [5, 5.41) is 0. The number of benzene rings is 1. The number of nitrogens with two attached hydrogens (primary N) is 1. The van der Waals surface area contributed by atoms with Gasteiger partial charge in [0, 0.05) is 25.3 Å². The minimum atomic E-state index is 0.864. The van der Waals surface area contributed by atoms with Crippen LogP contribution in [0.2, 0.25) is 0 Å². The predicted octanol–water partition coefficient (Wildman–Crippen LogP) is 2.19. The largest absolute Gasteiger partial charge is 0.399 e. The van der Waals surface area contributed by atoms with E-state index in [1.165, 1.54) is 38.0 Å². The van der Waals surface area contributed by atoms with Gasteiger partial charge in [-0.3, -0.25) is 4.90 Å². The Bertz CT molecular complexity index is 359. The molecule has 1 aliphatic heterocycles. The monoisotopic (exact) mass is 247 g/mol. The van der Waals surface area contributed by atoms with Gasteiger partial charge >= 0.3 is 0 Å². The van der Waals surface area contributed by atoms with Crippen molar-refractivity contribution in [2.24, 2.45) is 0 Å². The summed E-state index contributed by atoms with van der Waals surface area (Å²) in [6, 6.07) is 8.23. The summed E-state index contributed by atoms with van der Waals surface area (Å²) in [5.74, 6) is 0. The van der Waals surface area contributed by atoms with Gasteiger partial charge in [0.25, 0.3) is 0 Å². The second-order valence-electron chi connectivity index (χ2n) is 5.16. The van der Waals surface area contributed by atoms with Crippen LogP contribution in [0.1, 0.15) is 25.3 Å². The molecular weight excluding hydrogens is 222 g/mol. The molecule has 1 saturated heterocycles. The molecule has 0 atom stereocenters. The topological polar surface area (TPSA) is 32.5 Å². The van der Waals surface area contributed by atoms with Gasteiger partial charge in [-0.15, -0.1) is 0 Å². The third-order valence-corrected chi connectivity index (χ3v) is 3.74. The zero-order chi connectivity index (χ0) is 12.8. The van der Waals surface area contributed by atoms with Crippen molar-refractivity contribution in [1.29, 1.82) is 0 Å². The van der Waals surface area contributed by atoms with Crippen LogP contribution in [0.15, 0.2) is 24.3 Å². The first-order valence-electron chi connectivity index (χ1n) is 7.07. The predicted molar refractivity (Wildman–Crippen MR) is 77.5 cm³/mol. The third-order valence-electron chi connectivity index (χ3n) is 3.74. The molecule has 1 aliphatic rings. The highest BCUT2D eigenvalue weighted by atomic mass is 15.2. The standard InChI is InChI=1S/C15H25N3/c1-2-17(10-11-18-8-3-4-9-18)13-14-6-5-7-15(16)12-14/h5-7,12H,2-4,8-11,13,16H2,1H3. The zero-order valence-corrected chi connectivity index (χ0v) is 11.4. The molecule has 1 aromatic carbocycles. The molecule has 0 bridgehead atoms. The zero-order valence-electron chi connectivity index (χ0n) is 11.4. The molecule has 3 heteroatoms. The van der Waals surface area contributed by atoms with Gasteiger partial charge in [-0.25, -0.2) is 0 Å². The number of likely N-dealkylation sites (N-methyl/N-ethyl adjacent to an activating group) is 1. The molecule has 0 unspecified atom stereocenters. The lowest BCUT2D eigenvalue weighted by atomic mass is 10.2. The van der Waals surface area contributed by atoms with E-state index in [0.29, 0.717) is 0 Å². The first kappa shape index (κ1) is 13.4. The third kappa shape index (κ3) is 4.00. The second kappa shape index (κ2) is 6.76. The van der Waals surface area contributed by atoms with E-state index in [0.717, 1.165) is 25.3 Å². The fourth-order valence-electron chi connectivity index (χ4n) is 2.59. The van der Waals surface area contributed by atoms with Crippen LogP contribution in [0.25, 0.3) is 0 Å². The summed E-state index contributed by atoms with van der Waals surface area (Å²) in [4.78, 5) is 5.06. The number of hydrogen-bond donors (Lipinski definition) is 1. The highest BCUT2D eigenvalue weighted by Crippen LogP contribution is 2.11. The van der Waals surface area contributed by atoms with Gasteiger partial charge in [-0.1, -0.05) is 19.1 Å². The van der Waals surface area contributed by atoms with E-state index in [4.69, 9.17) is 5.73 Å². The van der Waals surface area contributed by atoms with Gasteiger partial charge in [0.15, 0.2) is 0 Å². The Hall–Kier alpha value is -1.06. The first-order chi connectivity index (χ1) is 8.78. The second-order valence-corrected chi connectivity index (χ2v) is 5.16. The fraction of sp³-hybridized carbons (Fsp3) is 0.600. The summed E-state index contributed by atoms with van der Waals surface area (Å²) in [6.07, 6.45) is 2.75. The normalized spacial score (nSPS) is 16.6. The number of anilines is 1. The Labute approximate surface area is 111 Å². The van der Waals surface area contributed by atoms with Crippen molar-refractivity contribution >= 4 is 5.69 Å². The van der Waals surface area contributed by atoms with Gasteiger partial charge in [-0.05, 0) is 50.2 Å². The Kier molecular flexibility index (Phi) is 5.02. The SMILES string of the molecule is CCN(CCN1CCCC1)Cc1cccc(N)c1. The van der Waals surface area contributed by atoms with Gasteiger partial charge in [-0.2, -0.15) is 0 Å². The molecular formula is C15H25N3. The number of likely N-dealkylation sites (tertiary alicyclic amines) is 1. The number of hydrogen-bond acceptors (Lipinski definition) is 3.